The van der Waals surface area contributed by atoms with E-state index in [1.165, 1.54) is 9.80 Å². The Morgan fingerprint density at radius 1 is 0.885 bits per heavy atom. The fourth-order valence-corrected chi connectivity index (χ4v) is 6.32. The molecule has 4 N–H and O–H groups in total. The maximum Gasteiger partial charge on any atom is 0.408 e. The summed E-state index contributed by atoms with van der Waals surface area (Å²) in [5.74, 6) is -4.13. The number of benzene rings is 1. The molecule has 2 aliphatic rings. The first-order valence-electron chi connectivity index (χ1n) is 18.1. The molecule has 1 saturated heterocycles. The molecule has 4 unspecified atom stereocenters. The Morgan fingerprint density at radius 2 is 1.50 bits per heavy atom. The van der Waals surface area contributed by atoms with Crippen molar-refractivity contribution in [2.75, 3.05) is 27.2 Å². The summed E-state index contributed by atoms with van der Waals surface area (Å²) in [6.07, 6.45) is 1.70. The molecule has 288 valence electrons. The van der Waals surface area contributed by atoms with Crippen molar-refractivity contribution in [3.8, 4) is 0 Å². The van der Waals surface area contributed by atoms with Gasteiger partial charge in [0.05, 0.1) is 12.6 Å². The lowest BCUT2D eigenvalue weighted by molar-refractivity contribution is -0.145. The van der Waals surface area contributed by atoms with E-state index in [1.54, 1.807) is 65.2 Å². The zero-order valence-corrected chi connectivity index (χ0v) is 32.3. The van der Waals surface area contributed by atoms with Crippen LogP contribution in [0.1, 0.15) is 92.7 Å². The van der Waals surface area contributed by atoms with Gasteiger partial charge in [-0.3, -0.25) is 28.8 Å². The number of carbonyl (C=O) groups is 7. The molecule has 1 aliphatic carbocycles. The predicted molar refractivity (Wildman–Crippen MR) is 194 cm³/mol. The van der Waals surface area contributed by atoms with Gasteiger partial charge in [0.25, 0.3) is 5.91 Å². The average molecular weight is 727 g/mol. The van der Waals surface area contributed by atoms with Crippen molar-refractivity contribution < 1.29 is 38.3 Å². The summed E-state index contributed by atoms with van der Waals surface area (Å²) in [5.41, 5.74) is -0.970. The third-order valence-corrected chi connectivity index (χ3v) is 9.28. The Labute approximate surface area is 307 Å². The van der Waals surface area contributed by atoms with Crippen LogP contribution in [0.25, 0.3) is 0 Å². The Balaban J connectivity index is 1.76. The zero-order chi connectivity index (χ0) is 39.1. The lowest BCUT2D eigenvalue weighted by Crippen LogP contribution is -2.60. The van der Waals surface area contributed by atoms with E-state index in [9.17, 15) is 33.6 Å². The minimum atomic E-state index is -1.18. The van der Waals surface area contributed by atoms with Gasteiger partial charge in [-0.25, -0.2) is 4.79 Å². The van der Waals surface area contributed by atoms with E-state index in [2.05, 4.69) is 21.3 Å². The van der Waals surface area contributed by atoms with Crippen molar-refractivity contribution in [2.24, 2.45) is 23.2 Å². The molecule has 2 fully saturated rings. The van der Waals surface area contributed by atoms with Gasteiger partial charge in [0, 0.05) is 20.6 Å². The Hall–Kier alpha value is -4.49. The number of ether oxygens (including phenoxy) is 1. The molecule has 1 aromatic carbocycles. The monoisotopic (exact) mass is 726 g/mol. The number of rotatable bonds is 14. The van der Waals surface area contributed by atoms with Crippen LogP contribution in [0.4, 0.5) is 4.79 Å². The van der Waals surface area contributed by atoms with Crippen molar-refractivity contribution in [1.82, 2.24) is 31.1 Å². The van der Waals surface area contributed by atoms with E-state index in [-0.39, 0.29) is 36.6 Å². The summed E-state index contributed by atoms with van der Waals surface area (Å²) in [4.78, 5) is 96.3. The van der Waals surface area contributed by atoms with Crippen LogP contribution in [0, 0.1) is 23.2 Å². The van der Waals surface area contributed by atoms with E-state index < -0.39 is 77.2 Å². The molecule has 1 saturated carbocycles. The highest BCUT2D eigenvalue weighted by atomic mass is 16.6. The quantitative estimate of drug-likeness (QED) is 0.211. The van der Waals surface area contributed by atoms with Crippen molar-refractivity contribution in [2.45, 2.75) is 111 Å². The van der Waals surface area contributed by atoms with Crippen LogP contribution < -0.4 is 21.3 Å². The lowest BCUT2D eigenvalue weighted by Gasteiger charge is -2.37. The highest BCUT2D eigenvalue weighted by molar-refractivity contribution is 6.38. The first-order valence-corrected chi connectivity index (χ1v) is 18.1. The molecule has 6 amide bonds. The van der Waals surface area contributed by atoms with Crippen molar-refractivity contribution in [1.29, 1.82) is 0 Å². The van der Waals surface area contributed by atoms with Crippen LogP contribution >= 0.6 is 0 Å². The van der Waals surface area contributed by atoms with Crippen molar-refractivity contribution in [3.63, 3.8) is 0 Å². The maximum atomic E-state index is 14.2. The summed E-state index contributed by atoms with van der Waals surface area (Å²) >= 11 is 0. The van der Waals surface area contributed by atoms with E-state index in [0.717, 1.165) is 12.8 Å². The number of alkyl carbamates (subject to hydrolysis) is 1. The number of nitrogens with one attached hydrogen (secondary N) is 4. The number of amides is 6. The largest absolute Gasteiger partial charge is 0.444 e. The van der Waals surface area contributed by atoms with Gasteiger partial charge in [0.2, 0.25) is 29.4 Å². The van der Waals surface area contributed by atoms with Crippen LogP contribution in [0.15, 0.2) is 30.3 Å². The highest BCUT2D eigenvalue weighted by Crippen LogP contribution is 2.36. The summed E-state index contributed by atoms with van der Waals surface area (Å²) < 4.78 is 5.43. The first kappa shape index (κ1) is 41.9. The normalized spacial score (nSPS) is 19.2. The van der Waals surface area contributed by atoms with Gasteiger partial charge in [-0.1, -0.05) is 77.8 Å². The van der Waals surface area contributed by atoms with Crippen LogP contribution in [0.3, 0.4) is 0 Å². The standard InChI is InChI=1S/C38H58N6O8/c1-22(2)25-18-19-44(35(50)31(37(3,4)5)42-36(51)52-38(6,7)8)29(25)32(47)40-26(20-23-16-17-23)30(46)33(48)39-21-27(45)41-28(34(49)43(9)10)24-14-12-11-13-15-24/h11-15,22-23,25-26,28-29,31H,16-21H2,1-10H3,(H,39,48)(H,40,47)(H,41,45)(H,42,51)/t25?,26?,28-,29?,31?/m0/s1. The minimum absolute atomic E-state index is 0.000985. The zero-order valence-electron chi connectivity index (χ0n) is 32.3. The number of hydrogen-bond donors (Lipinski definition) is 4. The summed E-state index contributed by atoms with van der Waals surface area (Å²) in [5, 5.41) is 10.5. The number of carbonyl (C=O) groups excluding carboxylic acids is 7. The SMILES string of the molecule is CC(C)C1CCN(C(=O)C(NC(=O)OC(C)(C)C)C(C)(C)C)C1C(=O)NC(CC1CC1)C(=O)C(=O)NCC(=O)N[C@H](C(=O)N(C)C)c1ccccc1. The number of nitrogens with zero attached hydrogens (tertiary/aromatic N) is 2. The second-order valence-electron chi connectivity index (χ2n) is 16.5. The summed E-state index contributed by atoms with van der Waals surface area (Å²) in [7, 11) is 3.13. The molecule has 0 spiro atoms. The van der Waals surface area contributed by atoms with E-state index in [0.29, 0.717) is 12.0 Å². The van der Waals surface area contributed by atoms with Gasteiger partial charge in [-0.2, -0.15) is 0 Å². The van der Waals surface area contributed by atoms with Gasteiger partial charge < -0.3 is 35.8 Å². The van der Waals surface area contributed by atoms with Crippen molar-refractivity contribution in [3.05, 3.63) is 35.9 Å². The number of Topliss-reactive ketones (excluding diaryl/α,β-unsaturated/α-hetero) is 1. The number of hydrogen-bond acceptors (Lipinski definition) is 8. The molecule has 14 nitrogen and oxygen atoms in total. The second kappa shape index (κ2) is 17.4. The average Bonchev–Trinajstić information content (AvgIpc) is 3.75. The van der Waals surface area contributed by atoms with Gasteiger partial charge in [0.1, 0.15) is 23.7 Å². The molecule has 3 rings (SSSR count). The Bertz CT molecular complexity index is 1480. The number of ketones is 1. The summed E-state index contributed by atoms with van der Waals surface area (Å²) in [6.45, 7) is 14.2. The van der Waals surface area contributed by atoms with Crippen LogP contribution in [0.5, 0.6) is 0 Å². The fraction of sp³-hybridized carbons (Fsp3) is 0.658. The first-order chi connectivity index (χ1) is 24.1. The number of likely N-dealkylation sites (tertiary alicyclic amines) is 1. The smallest absolute Gasteiger partial charge is 0.408 e. The number of likely N-dealkylation sites (N-methyl/N-ethyl adjacent to an activating group) is 1. The van der Waals surface area contributed by atoms with Crippen LogP contribution in [0.2, 0.25) is 0 Å². The van der Waals surface area contributed by atoms with E-state index >= 15 is 0 Å². The molecular formula is C38H58N6O8. The minimum Gasteiger partial charge on any atom is -0.444 e. The topological polar surface area (TPSA) is 183 Å². The van der Waals surface area contributed by atoms with Gasteiger partial charge in [0.15, 0.2) is 0 Å². The van der Waals surface area contributed by atoms with E-state index in [1.807, 2.05) is 34.6 Å². The molecule has 0 bridgehead atoms. The third-order valence-electron chi connectivity index (χ3n) is 9.28. The molecule has 14 heteroatoms. The molecule has 0 radical (unpaired) electrons. The lowest BCUT2D eigenvalue weighted by atomic mass is 9.84. The van der Waals surface area contributed by atoms with Gasteiger partial charge in [-0.15, -0.1) is 0 Å². The molecular weight excluding hydrogens is 668 g/mol. The summed E-state index contributed by atoms with van der Waals surface area (Å²) in [6, 6.07) is 4.50. The van der Waals surface area contributed by atoms with Crippen LogP contribution in [-0.2, 0) is 33.5 Å². The Kier molecular flexibility index (Phi) is 14.0. The highest BCUT2D eigenvalue weighted by Gasteiger charge is 2.48. The van der Waals surface area contributed by atoms with Gasteiger partial charge in [-0.05, 0) is 62.3 Å². The van der Waals surface area contributed by atoms with Crippen molar-refractivity contribution >= 4 is 41.4 Å². The molecule has 0 aromatic heterocycles. The fourth-order valence-electron chi connectivity index (χ4n) is 6.32. The molecule has 1 aromatic rings. The molecule has 52 heavy (non-hydrogen) atoms. The maximum absolute atomic E-state index is 14.2. The second-order valence-corrected chi connectivity index (χ2v) is 16.5. The Morgan fingerprint density at radius 3 is 2.02 bits per heavy atom. The molecule has 1 heterocycles. The predicted octanol–water partition coefficient (Wildman–Crippen LogP) is 2.71. The van der Waals surface area contributed by atoms with E-state index in [4.69, 9.17) is 4.74 Å². The molecule has 5 atom stereocenters. The van der Waals surface area contributed by atoms with Gasteiger partial charge >= 0.3 is 6.09 Å². The third kappa shape index (κ3) is 11.8. The molecule has 1 aliphatic heterocycles. The van der Waals surface area contributed by atoms with Crippen LogP contribution in [-0.4, -0.2) is 102 Å².